The van der Waals surface area contributed by atoms with E-state index in [0.717, 1.165) is 0 Å². The number of rotatable bonds is 10. The van der Waals surface area contributed by atoms with Crippen LogP contribution in [0.3, 0.4) is 0 Å². The zero-order valence-corrected chi connectivity index (χ0v) is 14.0. The monoisotopic (exact) mass is 314 g/mol. The highest BCUT2D eigenvalue weighted by Crippen LogP contribution is 2.36. The molecule has 0 aromatic rings. The van der Waals surface area contributed by atoms with Crippen molar-refractivity contribution in [3.63, 3.8) is 0 Å². The number of ketones is 2. The molecule has 126 valence electrons. The van der Waals surface area contributed by atoms with Gasteiger partial charge in [-0.25, -0.2) is 0 Å². The second kappa shape index (κ2) is 8.66. The molecule has 0 rings (SSSR count). The zero-order chi connectivity index (χ0) is 17.5. The Morgan fingerprint density at radius 3 is 2.05 bits per heavy atom. The van der Waals surface area contributed by atoms with Gasteiger partial charge in [-0.3, -0.25) is 19.2 Å². The highest BCUT2D eigenvalue weighted by atomic mass is 16.5. The minimum absolute atomic E-state index is 0.0196. The predicted octanol–water partition coefficient (Wildman–Crippen LogP) is 2.24. The Morgan fingerprint density at radius 2 is 1.68 bits per heavy atom. The van der Waals surface area contributed by atoms with Gasteiger partial charge in [0, 0.05) is 12.8 Å². The van der Waals surface area contributed by atoms with Crippen LogP contribution in [0, 0.1) is 17.3 Å². The molecule has 2 unspecified atom stereocenters. The van der Waals surface area contributed by atoms with Gasteiger partial charge in [-0.2, -0.15) is 0 Å². The fourth-order valence-corrected chi connectivity index (χ4v) is 2.48. The molecule has 0 aromatic heterocycles. The van der Waals surface area contributed by atoms with Crippen LogP contribution in [-0.2, 0) is 23.9 Å². The summed E-state index contributed by atoms with van der Waals surface area (Å²) < 4.78 is 4.92. The first-order valence-electron chi connectivity index (χ1n) is 7.52. The number of aliphatic carboxylic acids is 1. The molecular weight excluding hydrogens is 288 g/mol. The van der Waals surface area contributed by atoms with Gasteiger partial charge in [-0.05, 0) is 26.2 Å². The van der Waals surface area contributed by atoms with Gasteiger partial charge in [0.05, 0.1) is 12.5 Å². The molecule has 0 fully saturated rings. The number of carbonyl (C=O) groups excluding carboxylic acids is 3. The number of Topliss-reactive ketones (excluding diaryl/α,β-unsaturated/α-hetero) is 2. The summed E-state index contributed by atoms with van der Waals surface area (Å²) in [6.07, 6.45) is 0.173. The van der Waals surface area contributed by atoms with E-state index in [-0.39, 0.29) is 31.1 Å². The molecule has 0 spiro atoms. The Morgan fingerprint density at radius 1 is 1.14 bits per heavy atom. The highest BCUT2D eigenvalue weighted by molar-refractivity contribution is 6.06. The molecule has 0 aliphatic heterocycles. The molecule has 6 nitrogen and oxygen atoms in total. The fourth-order valence-electron chi connectivity index (χ4n) is 2.48. The highest BCUT2D eigenvalue weighted by Gasteiger charge is 2.52. The van der Waals surface area contributed by atoms with Crippen LogP contribution < -0.4 is 0 Å². The number of carbonyl (C=O) groups is 4. The Kier molecular flexibility index (Phi) is 7.98. The summed E-state index contributed by atoms with van der Waals surface area (Å²) in [6, 6.07) is 0. The summed E-state index contributed by atoms with van der Waals surface area (Å²) in [6.45, 7) is 7.87. The molecule has 0 aromatic carbocycles. The van der Waals surface area contributed by atoms with Crippen molar-refractivity contribution < 1.29 is 29.0 Å². The summed E-state index contributed by atoms with van der Waals surface area (Å²) in [4.78, 5) is 47.6. The van der Waals surface area contributed by atoms with Crippen molar-refractivity contribution >= 4 is 23.5 Å². The summed E-state index contributed by atoms with van der Waals surface area (Å²) in [5.41, 5.74) is -1.81. The summed E-state index contributed by atoms with van der Waals surface area (Å²) in [7, 11) is 0. The third-order valence-corrected chi connectivity index (χ3v) is 3.81. The Balaban J connectivity index is 5.47. The normalized spacial score (nSPS) is 15.0. The smallest absolute Gasteiger partial charge is 0.320 e. The Hall–Kier alpha value is -1.72. The second-order valence-electron chi connectivity index (χ2n) is 5.94. The van der Waals surface area contributed by atoms with Crippen molar-refractivity contribution in [1.29, 1.82) is 0 Å². The molecule has 0 heterocycles. The fraction of sp³-hybridized carbons (Fsp3) is 0.750. The van der Waals surface area contributed by atoms with Crippen molar-refractivity contribution in [3.8, 4) is 0 Å². The van der Waals surface area contributed by atoms with Gasteiger partial charge in [0.2, 0.25) is 0 Å². The molecule has 0 aliphatic carbocycles. The van der Waals surface area contributed by atoms with E-state index in [1.165, 1.54) is 13.8 Å². The van der Waals surface area contributed by atoms with Crippen molar-refractivity contribution in [2.24, 2.45) is 17.3 Å². The first kappa shape index (κ1) is 20.3. The third-order valence-electron chi connectivity index (χ3n) is 3.81. The van der Waals surface area contributed by atoms with Crippen molar-refractivity contribution in [3.05, 3.63) is 0 Å². The quantitative estimate of drug-likeness (QED) is 0.490. The third kappa shape index (κ3) is 4.93. The van der Waals surface area contributed by atoms with E-state index < -0.39 is 29.1 Å². The van der Waals surface area contributed by atoms with Gasteiger partial charge in [0.25, 0.3) is 0 Å². The number of carboxylic acid groups (broad SMARTS) is 1. The Bertz CT molecular complexity index is 440. The van der Waals surface area contributed by atoms with Crippen molar-refractivity contribution in [2.45, 2.75) is 53.9 Å². The first-order valence-corrected chi connectivity index (χ1v) is 7.52. The molecule has 2 atom stereocenters. The van der Waals surface area contributed by atoms with E-state index in [4.69, 9.17) is 4.74 Å². The Labute approximate surface area is 131 Å². The molecule has 0 saturated carbocycles. The maximum atomic E-state index is 12.3. The van der Waals surface area contributed by atoms with Gasteiger partial charge < -0.3 is 9.84 Å². The molecule has 0 aliphatic rings. The van der Waals surface area contributed by atoms with Crippen LogP contribution in [0.4, 0.5) is 0 Å². The van der Waals surface area contributed by atoms with Crippen LogP contribution in [-0.4, -0.2) is 35.2 Å². The lowest BCUT2D eigenvalue weighted by Gasteiger charge is -2.32. The standard InChI is InChI=1S/C16H26O6/c1-6-22-15(21)16(12(5)17,11(4)14(19)20)8-7-13(18)9-10(2)3/h10-11H,6-9H2,1-5H3,(H,19,20). The van der Waals surface area contributed by atoms with Crippen LogP contribution in [0.25, 0.3) is 0 Å². The predicted molar refractivity (Wildman–Crippen MR) is 80.2 cm³/mol. The molecular formula is C16H26O6. The van der Waals surface area contributed by atoms with Gasteiger partial charge in [0.1, 0.15) is 17.0 Å². The molecule has 0 saturated heterocycles. The largest absolute Gasteiger partial charge is 0.481 e. The molecule has 6 heteroatoms. The molecule has 0 radical (unpaired) electrons. The minimum atomic E-state index is -1.81. The van der Waals surface area contributed by atoms with Gasteiger partial charge in [-0.15, -0.1) is 0 Å². The molecule has 1 N–H and O–H groups in total. The topological polar surface area (TPSA) is 97.7 Å². The van der Waals surface area contributed by atoms with E-state index in [0.29, 0.717) is 6.42 Å². The average molecular weight is 314 g/mol. The SMILES string of the molecule is CCOC(=O)C(CCC(=O)CC(C)C)(C(C)=O)C(C)C(=O)O. The number of esters is 1. The maximum Gasteiger partial charge on any atom is 0.320 e. The van der Waals surface area contributed by atoms with Gasteiger partial charge >= 0.3 is 11.9 Å². The summed E-state index contributed by atoms with van der Waals surface area (Å²) in [5, 5.41) is 9.25. The minimum Gasteiger partial charge on any atom is -0.481 e. The van der Waals surface area contributed by atoms with Crippen LogP contribution in [0.15, 0.2) is 0 Å². The van der Waals surface area contributed by atoms with E-state index in [9.17, 15) is 24.3 Å². The maximum absolute atomic E-state index is 12.3. The molecule has 0 amide bonds. The van der Waals surface area contributed by atoms with Crippen LogP contribution in [0.5, 0.6) is 0 Å². The first-order chi connectivity index (χ1) is 10.1. The zero-order valence-electron chi connectivity index (χ0n) is 14.0. The van der Waals surface area contributed by atoms with E-state index in [1.54, 1.807) is 6.92 Å². The second-order valence-corrected chi connectivity index (χ2v) is 5.94. The van der Waals surface area contributed by atoms with Crippen molar-refractivity contribution in [1.82, 2.24) is 0 Å². The van der Waals surface area contributed by atoms with E-state index in [1.807, 2.05) is 13.8 Å². The van der Waals surface area contributed by atoms with E-state index in [2.05, 4.69) is 0 Å². The summed E-state index contributed by atoms with van der Waals surface area (Å²) >= 11 is 0. The lowest BCUT2D eigenvalue weighted by Crippen LogP contribution is -2.48. The van der Waals surface area contributed by atoms with Gasteiger partial charge in [0.15, 0.2) is 0 Å². The number of carboxylic acids is 1. The van der Waals surface area contributed by atoms with Crippen molar-refractivity contribution in [2.75, 3.05) is 6.61 Å². The van der Waals surface area contributed by atoms with Crippen LogP contribution >= 0.6 is 0 Å². The lowest BCUT2D eigenvalue weighted by molar-refractivity contribution is -0.171. The number of hydrogen-bond donors (Lipinski definition) is 1. The van der Waals surface area contributed by atoms with Crippen LogP contribution in [0.1, 0.15) is 53.9 Å². The summed E-state index contributed by atoms with van der Waals surface area (Å²) in [5.74, 6) is -3.90. The average Bonchev–Trinajstić information content (AvgIpc) is 2.37. The van der Waals surface area contributed by atoms with Gasteiger partial charge in [-0.1, -0.05) is 20.8 Å². The molecule has 0 bridgehead atoms. The van der Waals surface area contributed by atoms with Crippen LogP contribution in [0.2, 0.25) is 0 Å². The number of ether oxygens (including phenoxy) is 1. The molecule has 22 heavy (non-hydrogen) atoms. The van der Waals surface area contributed by atoms with E-state index >= 15 is 0 Å². The number of hydrogen-bond acceptors (Lipinski definition) is 5. The lowest BCUT2D eigenvalue weighted by atomic mass is 9.69.